The van der Waals surface area contributed by atoms with E-state index in [9.17, 15) is 0 Å². The molecule has 0 spiro atoms. The van der Waals surface area contributed by atoms with Gasteiger partial charge in [-0.1, -0.05) is 66.7 Å². The highest BCUT2D eigenvalue weighted by Gasteiger charge is 2.73. The molecule has 248 valence electrons. The summed E-state index contributed by atoms with van der Waals surface area (Å²) in [7, 11) is 2.22. The number of fused-ring (bicyclic) bond motifs is 7. The third-order valence-electron chi connectivity index (χ3n) is 16.9. The van der Waals surface area contributed by atoms with Crippen molar-refractivity contribution in [2.24, 2.45) is 57.8 Å². The van der Waals surface area contributed by atoms with Crippen LogP contribution in [0.1, 0.15) is 117 Å². The number of rotatable bonds is 3. The monoisotopic (exact) mass is 623 g/mol. The Morgan fingerprint density at radius 2 is 1.70 bits per heavy atom. The van der Waals surface area contributed by atoms with Crippen LogP contribution in [0.15, 0.2) is 30.5 Å². The van der Waals surface area contributed by atoms with E-state index in [0.717, 1.165) is 37.3 Å². The van der Waals surface area contributed by atoms with Crippen molar-refractivity contribution in [3.05, 3.63) is 47.4 Å². The third-order valence-corrected chi connectivity index (χ3v) is 16.9. The first-order chi connectivity index (χ1) is 21.8. The van der Waals surface area contributed by atoms with Gasteiger partial charge in [0.1, 0.15) is 13.6 Å². The van der Waals surface area contributed by atoms with Crippen LogP contribution in [-0.2, 0) is 36.6 Å². The Balaban J connectivity index is 1.05. The number of hydrogen-bond donors (Lipinski definition) is 1. The Labute approximate surface area is 277 Å². The number of aromatic nitrogens is 4. The molecule has 3 heterocycles. The molecule has 1 aromatic carbocycles. The molecule has 9 atom stereocenters. The lowest BCUT2D eigenvalue weighted by Gasteiger charge is -2.72. The van der Waals surface area contributed by atoms with E-state index in [0.29, 0.717) is 33.7 Å². The summed E-state index contributed by atoms with van der Waals surface area (Å²) >= 11 is 0. The average Bonchev–Trinajstić information content (AvgIpc) is 3.67. The van der Waals surface area contributed by atoms with Crippen molar-refractivity contribution in [1.29, 1.82) is 0 Å². The van der Waals surface area contributed by atoms with Crippen LogP contribution in [0, 0.1) is 50.7 Å². The minimum atomic E-state index is 0.0901. The molecule has 1 aliphatic heterocycles. The van der Waals surface area contributed by atoms with E-state index in [-0.39, 0.29) is 10.8 Å². The second-order valence-electron chi connectivity index (χ2n) is 19.3. The minimum absolute atomic E-state index is 0.0901. The predicted octanol–water partition coefficient (Wildman–Crippen LogP) is 8.34. The maximum absolute atomic E-state index is 6.83. The van der Waals surface area contributed by atoms with Crippen LogP contribution >= 0.6 is 0 Å². The minimum Gasteiger partial charge on any atom is -0.377 e. The van der Waals surface area contributed by atoms with Crippen LogP contribution in [-0.4, -0.2) is 27.6 Å². The lowest BCUT2D eigenvalue weighted by Crippen LogP contribution is -2.68. The van der Waals surface area contributed by atoms with Crippen molar-refractivity contribution in [3.8, 4) is 0 Å². The summed E-state index contributed by atoms with van der Waals surface area (Å²) in [6.45, 7) is 20.5. The van der Waals surface area contributed by atoms with Crippen molar-refractivity contribution in [2.45, 2.75) is 131 Å². The van der Waals surface area contributed by atoms with E-state index in [4.69, 9.17) is 9.95 Å². The van der Waals surface area contributed by atoms with Crippen molar-refractivity contribution < 1.29 is 9.42 Å². The highest BCUT2D eigenvalue weighted by Crippen LogP contribution is 2.77. The summed E-state index contributed by atoms with van der Waals surface area (Å²) in [5, 5.41) is 6.60. The molecule has 4 saturated carbocycles. The highest BCUT2D eigenvalue weighted by molar-refractivity contribution is 5.82. The number of ether oxygens (including phenoxy) is 1. The molecule has 1 N–H and O–H groups in total. The molecule has 1 saturated heterocycles. The number of nitrogens with zero attached hydrogens (tertiary/aromatic N) is 3. The topological polar surface area (TPSA) is 46.7 Å². The van der Waals surface area contributed by atoms with Crippen LogP contribution < -0.4 is 4.68 Å². The number of H-pyrrole nitrogens is 1. The molecule has 9 rings (SSSR count). The average molecular weight is 624 g/mol. The molecule has 2 bridgehead atoms. The van der Waals surface area contributed by atoms with Gasteiger partial charge in [0.2, 0.25) is 0 Å². The summed E-state index contributed by atoms with van der Waals surface area (Å²) in [5.74, 6) is 3.01. The Morgan fingerprint density at radius 1 is 0.913 bits per heavy atom. The zero-order valence-electron chi connectivity index (χ0n) is 30.0. The lowest BCUT2D eigenvalue weighted by atomic mass is 9.31. The van der Waals surface area contributed by atoms with Gasteiger partial charge in [-0.25, -0.2) is 0 Å². The zero-order valence-corrected chi connectivity index (χ0v) is 30.0. The number of hydrogen-bond acceptors (Lipinski definition) is 2. The largest absolute Gasteiger partial charge is 0.377 e. The normalized spacial score (nSPS) is 43.3. The van der Waals surface area contributed by atoms with Crippen molar-refractivity contribution >= 4 is 10.9 Å². The molecule has 5 fully saturated rings. The van der Waals surface area contributed by atoms with Crippen LogP contribution in [0.3, 0.4) is 0 Å². The van der Waals surface area contributed by atoms with Crippen LogP contribution in [0.5, 0.6) is 0 Å². The number of aromatic amines is 1. The Bertz CT molecular complexity index is 1710. The quantitative estimate of drug-likeness (QED) is 0.298. The Hall–Kier alpha value is -2.14. The SMILES string of the molecule is Cn1n[n+](CCc2c[nH]c3ccccc23)c2c1C[C@]1(C)[C@H]3CC[C@@H]4[C@H]5[C@H]6OC[C@@]5(CCC6(C)C)CC[C@@]4(C)[C@]3(C)CC[C@H]1C2(C)C. The van der Waals surface area contributed by atoms with E-state index in [1.807, 2.05) is 0 Å². The highest BCUT2D eigenvalue weighted by atomic mass is 16.5. The fraction of sp³-hybridized carbons (Fsp3) is 0.756. The predicted molar refractivity (Wildman–Crippen MR) is 183 cm³/mol. The van der Waals surface area contributed by atoms with Crippen LogP contribution in [0.2, 0.25) is 0 Å². The fourth-order valence-corrected chi connectivity index (χ4v) is 14.5. The second kappa shape index (κ2) is 9.30. The Morgan fingerprint density at radius 3 is 2.52 bits per heavy atom. The van der Waals surface area contributed by atoms with Crippen LogP contribution in [0.4, 0.5) is 0 Å². The summed E-state index contributed by atoms with van der Waals surface area (Å²) in [4.78, 5) is 3.49. The van der Waals surface area contributed by atoms with Gasteiger partial charge in [0, 0.05) is 35.4 Å². The first kappa shape index (κ1) is 30.0. The van der Waals surface area contributed by atoms with E-state index in [1.165, 1.54) is 85.6 Å². The standard InChI is InChI=1S/C41H59N4O/c1-36(2)18-20-41-21-19-39(6)28(33(41)35(36)46-25-41)13-14-32-38(5)23-30-34(37(3,4)31(38)15-17-40(32,39)7)45(43-44(30)8)22-16-26-24-42-29-12-10-9-11-27(26)29/h9-12,24,28,31-33,35,42H,13-23,25H2,1-8H3/q+1/t28-,31+,32-,33+,35-,38+,39-,40-,41-/m1/s1. The van der Waals surface area contributed by atoms with Gasteiger partial charge in [-0.2, -0.15) is 0 Å². The molecular weight excluding hydrogens is 564 g/mol. The van der Waals surface area contributed by atoms with Gasteiger partial charge >= 0.3 is 0 Å². The molecule has 2 aromatic heterocycles. The maximum atomic E-state index is 6.83. The molecule has 46 heavy (non-hydrogen) atoms. The number of para-hydroxylation sites is 1. The molecule has 6 aliphatic rings. The van der Waals surface area contributed by atoms with Gasteiger partial charge in [-0.15, -0.1) is 9.36 Å². The van der Waals surface area contributed by atoms with Gasteiger partial charge in [-0.05, 0) is 114 Å². The number of nitrogens with one attached hydrogen (secondary N) is 1. The maximum Gasteiger partial charge on any atom is 0.176 e. The van der Waals surface area contributed by atoms with E-state index < -0.39 is 0 Å². The summed E-state index contributed by atoms with van der Waals surface area (Å²) in [6.07, 6.45) is 15.9. The van der Waals surface area contributed by atoms with E-state index in [2.05, 4.69) is 100 Å². The van der Waals surface area contributed by atoms with Gasteiger partial charge < -0.3 is 9.72 Å². The van der Waals surface area contributed by atoms with Crippen LogP contribution in [0.25, 0.3) is 10.9 Å². The molecule has 3 aromatic rings. The smallest absolute Gasteiger partial charge is 0.176 e. The Kier molecular flexibility index (Phi) is 6.06. The molecule has 5 nitrogen and oxygen atoms in total. The molecule has 0 amide bonds. The molecular formula is C41H59N4O+. The number of benzene rings is 1. The summed E-state index contributed by atoms with van der Waals surface area (Å²) in [6, 6.07) is 8.71. The first-order valence-corrected chi connectivity index (χ1v) is 18.9. The lowest BCUT2D eigenvalue weighted by molar-refractivity contribution is -0.764. The van der Waals surface area contributed by atoms with E-state index >= 15 is 0 Å². The van der Waals surface area contributed by atoms with Gasteiger partial charge in [0.25, 0.3) is 0 Å². The van der Waals surface area contributed by atoms with Gasteiger partial charge in [0.05, 0.1) is 17.9 Å². The molecule has 0 unspecified atom stereocenters. The third kappa shape index (κ3) is 3.57. The van der Waals surface area contributed by atoms with Crippen molar-refractivity contribution in [1.82, 2.24) is 14.9 Å². The van der Waals surface area contributed by atoms with Gasteiger partial charge in [-0.3, -0.25) is 0 Å². The van der Waals surface area contributed by atoms with Crippen molar-refractivity contribution in [2.75, 3.05) is 6.61 Å². The summed E-state index contributed by atoms with van der Waals surface area (Å²) < 4.78 is 11.5. The molecule has 5 aliphatic carbocycles. The zero-order chi connectivity index (χ0) is 32.1. The summed E-state index contributed by atoms with van der Waals surface area (Å²) in [5.41, 5.74) is 7.58. The number of aryl methyl sites for hydroxylation is 3. The molecule has 5 heteroatoms. The van der Waals surface area contributed by atoms with Crippen molar-refractivity contribution in [3.63, 3.8) is 0 Å². The molecule has 0 radical (unpaired) electrons. The van der Waals surface area contributed by atoms with Gasteiger partial charge in [0.15, 0.2) is 11.4 Å². The first-order valence-electron chi connectivity index (χ1n) is 18.9. The fourth-order valence-electron chi connectivity index (χ4n) is 14.5. The second-order valence-corrected chi connectivity index (χ2v) is 19.3. The van der Waals surface area contributed by atoms with E-state index in [1.54, 1.807) is 0 Å².